The minimum absolute atomic E-state index is 0.827. The average Bonchev–Trinajstić information content (AvgIpc) is 2.71. The van der Waals surface area contributed by atoms with E-state index in [-0.39, 0.29) is 0 Å². The molecule has 0 saturated carbocycles. The topological polar surface area (TPSA) is 115 Å². The van der Waals surface area contributed by atoms with E-state index in [1.54, 1.807) is 0 Å². The van der Waals surface area contributed by atoms with E-state index >= 15 is 0 Å². The number of aryl methyl sites for hydroxylation is 3. The molecule has 4 aliphatic heterocycles. The van der Waals surface area contributed by atoms with Crippen molar-refractivity contribution >= 4 is 92.2 Å². The number of aromatic nitrogens is 8. The third kappa shape index (κ3) is 10.9. The molecule has 0 unspecified atom stereocenters. The highest BCUT2D eigenvalue weighted by atomic mass is 14.8. The zero-order valence-corrected chi connectivity index (χ0v) is 50.0. The summed E-state index contributed by atoms with van der Waals surface area (Å²) in [7, 11) is 0. The van der Waals surface area contributed by atoms with Crippen molar-refractivity contribution in [3.63, 3.8) is 0 Å². The van der Waals surface area contributed by atoms with Gasteiger partial charge in [0, 0.05) is 94.2 Å². The Hall–Kier alpha value is -9.92. The number of aromatic amines is 4. The van der Waals surface area contributed by atoms with Gasteiger partial charge in [-0.3, -0.25) is 0 Å². The monoisotopic (exact) mass is 1130 g/mol. The number of nitrogens with one attached hydrogen (secondary N) is 4. The number of rotatable bonds is 17. The molecule has 0 saturated heterocycles. The maximum absolute atomic E-state index is 6.04. The zero-order chi connectivity index (χ0) is 58.6. The number of benzene rings is 4. The van der Waals surface area contributed by atoms with Gasteiger partial charge in [0.2, 0.25) is 0 Å². The number of hydrogen-bond acceptors (Lipinski definition) is 4. The summed E-state index contributed by atoms with van der Waals surface area (Å²) < 4.78 is 0. The third-order valence-electron chi connectivity index (χ3n) is 17.6. The van der Waals surface area contributed by atoms with Crippen molar-refractivity contribution in [1.82, 2.24) is 39.9 Å². The van der Waals surface area contributed by atoms with Gasteiger partial charge in [-0.15, -0.1) is 0 Å². The lowest BCUT2D eigenvalue weighted by atomic mass is 9.94. The Morgan fingerprint density at radius 1 is 0.264 bits per heavy atom. The number of H-pyrrole nitrogens is 4. The van der Waals surface area contributed by atoms with E-state index in [4.69, 9.17) is 19.9 Å². The third-order valence-corrected chi connectivity index (χ3v) is 17.6. The van der Waals surface area contributed by atoms with E-state index in [0.717, 1.165) is 216 Å². The Morgan fingerprint density at radius 2 is 0.552 bits per heavy atom. The Kier molecular flexibility index (Phi) is 15.5. The van der Waals surface area contributed by atoms with E-state index in [1.165, 1.54) is 23.1 Å². The van der Waals surface area contributed by atoms with Crippen LogP contribution in [0.15, 0.2) is 170 Å². The molecule has 8 nitrogen and oxygen atoms in total. The molecular weight excluding hydrogens is 1060 g/mol. The van der Waals surface area contributed by atoms with Crippen molar-refractivity contribution in [2.45, 2.75) is 97.8 Å². The first-order chi connectivity index (χ1) is 43.0. The summed E-state index contributed by atoms with van der Waals surface area (Å²) in [5, 5.41) is 0. The predicted molar refractivity (Wildman–Crippen MR) is 367 cm³/mol. The van der Waals surface area contributed by atoms with Crippen molar-refractivity contribution in [2.24, 2.45) is 0 Å². The molecule has 10 heterocycles. The fraction of sp³-hybridized carbons (Fsp3) is 0.190. The summed E-state index contributed by atoms with van der Waals surface area (Å²) in [6, 6.07) is 60.7. The van der Waals surface area contributed by atoms with Crippen LogP contribution in [0, 0.1) is 0 Å². The van der Waals surface area contributed by atoms with Gasteiger partial charge in [0.05, 0.1) is 45.6 Å². The lowest BCUT2D eigenvalue weighted by Gasteiger charge is -2.11. The predicted octanol–water partition coefficient (Wildman–Crippen LogP) is 20.9. The van der Waals surface area contributed by atoms with Crippen LogP contribution in [0.5, 0.6) is 0 Å². The molecule has 0 fully saturated rings. The zero-order valence-electron chi connectivity index (χ0n) is 50.0. The summed E-state index contributed by atoms with van der Waals surface area (Å²) in [5.41, 5.74) is 29.1. The second kappa shape index (κ2) is 24.6. The second-order valence-electron chi connectivity index (χ2n) is 23.3. The summed E-state index contributed by atoms with van der Waals surface area (Å²) >= 11 is 0. The molecule has 6 aromatic heterocycles. The maximum atomic E-state index is 6.04. The molecule has 14 rings (SSSR count). The van der Waals surface area contributed by atoms with Crippen LogP contribution in [0.25, 0.3) is 137 Å². The first-order valence-corrected chi connectivity index (χ1v) is 31.6. The number of hydrogen-bond donors (Lipinski definition) is 4. The van der Waals surface area contributed by atoms with Gasteiger partial charge in [-0.1, -0.05) is 181 Å². The average molecular weight is 1130 g/mol. The van der Waals surface area contributed by atoms with E-state index in [9.17, 15) is 0 Å². The highest BCUT2D eigenvalue weighted by Gasteiger charge is 2.27. The maximum Gasteiger partial charge on any atom is 0.0817 e. The quantitative estimate of drug-likeness (QED) is 0.0680. The van der Waals surface area contributed by atoms with E-state index in [1.807, 2.05) is 0 Å². The van der Waals surface area contributed by atoms with Gasteiger partial charge in [0.25, 0.3) is 0 Å². The van der Waals surface area contributed by atoms with Gasteiger partial charge in [-0.2, -0.15) is 0 Å². The lowest BCUT2D eigenvalue weighted by molar-refractivity contribution is 0.715. The fourth-order valence-electron chi connectivity index (χ4n) is 13.2. The van der Waals surface area contributed by atoms with Crippen molar-refractivity contribution < 1.29 is 0 Å². The summed E-state index contributed by atoms with van der Waals surface area (Å²) in [4.78, 5) is 39.2. The molecule has 428 valence electrons. The molecular formula is C79H72N8. The van der Waals surface area contributed by atoms with Crippen LogP contribution in [0.3, 0.4) is 0 Å². The second-order valence-corrected chi connectivity index (χ2v) is 23.3. The summed E-state index contributed by atoms with van der Waals surface area (Å²) in [6.45, 7) is 6.84. The first kappa shape index (κ1) is 55.0. The molecule has 0 aliphatic carbocycles. The van der Waals surface area contributed by atoms with Gasteiger partial charge in [-0.25, -0.2) is 19.9 Å². The molecule has 10 aromatic rings. The Morgan fingerprint density at radius 3 is 0.954 bits per heavy atom. The van der Waals surface area contributed by atoms with Crippen molar-refractivity contribution in [2.75, 3.05) is 0 Å². The summed E-state index contributed by atoms with van der Waals surface area (Å²) in [5.74, 6) is 0. The van der Waals surface area contributed by atoms with Gasteiger partial charge < -0.3 is 19.9 Å². The van der Waals surface area contributed by atoms with E-state index in [2.05, 4.69) is 253 Å². The van der Waals surface area contributed by atoms with Crippen LogP contribution >= 0.6 is 0 Å². The van der Waals surface area contributed by atoms with Gasteiger partial charge in [0.15, 0.2) is 0 Å². The molecule has 0 amide bonds. The van der Waals surface area contributed by atoms with Crippen LogP contribution in [0.4, 0.5) is 0 Å². The normalized spacial score (nSPS) is 12.6. The van der Waals surface area contributed by atoms with Crippen LogP contribution in [-0.4, -0.2) is 39.9 Å². The largest absolute Gasteiger partial charge is 0.355 e. The number of nitrogens with zero attached hydrogens (tertiary/aromatic N) is 4. The number of unbranched alkanes of at least 4 members (excludes halogenated alkanes) is 6. The molecule has 4 aromatic carbocycles. The lowest BCUT2D eigenvalue weighted by Crippen LogP contribution is -1.97. The smallest absolute Gasteiger partial charge is 0.0817 e. The van der Waals surface area contributed by atoms with E-state index < -0.39 is 0 Å². The molecule has 4 aliphatic rings. The molecule has 0 radical (unpaired) electrons. The SMILES string of the molecule is CCCCCc1c2nc(c(CCCCC)c3ccc([nH]3)c(C3=Cc4nc3c(-c3ccccc3)c3ccc([nH]3)c(-c3ccccc3)c3nc(c(-c5ccccc5)c5ccc([nH]5)c4-c4ccccc4)C=C3)c3nc(c(CCCCC)c4ccc1[nH]4)C=C3)C=C2. The van der Waals surface area contributed by atoms with Gasteiger partial charge in [0.1, 0.15) is 0 Å². The Bertz CT molecular complexity index is 4690. The fourth-order valence-corrected chi connectivity index (χ4v) is 13.2. The summed E-state index contributed by atoms with van der Waals surface area (Å²) in [6.07, 6.45) is 28.5. The molecule has 87 heavy (non-hydrogen) atoms. The molecule has 4 N–H and O–H groups in total. The molecule has 16 bridgehead atoms. The van der Waals surface area contributed by atoms with Crippen LogP contribution < -0.4 is 0 Å². The molecule has 0 spiro atoms. The Labute approximate surface area is 509 Å². The standard InChI is InChI=1S/C79H72N8/c1-4-7-14-33-55-59-36-38-61(80-59)56(34-15-8-5-2)63-40-42-71(82-63)78(72-43-41-64(83-72)57(35-16-9-6-3)62-39-37-60(55)81-62)58-50-73-76(53-29-21-12-22-30-53)69-47-46-67(85-69)74(51-25-17-10-18-26-51)65-44-45-66(84-65)75(52-27-19-11-20-28-52)68-48-49-70(86-68)77(79(58)87-73)54-31-23-13-24-32-54/h10-13,17-32,36-50,80,83,85-86H,4-9,14-16,33-35H2,1-3H3. The minimum Gasteiger partial charge on any atom is -0.355 e. The first-order valence-electron chi connectivity index (χ1n) is 31.6. The van der Waals surface area contributed by atoms with Crippen LogP contribution in [0.2, 0.25) is 0 Å². The Balaban J connectivity index is 1.15. The molecule has 0 atom stereocenters. The minimum atomic E-state index is 0.827. The van der Waals surface area contributed by atoms with Crippen LogP contribution in [-0.2, 0) is 19.3 Å². The van der Waals surface area contributed by atoms with E-state index in [0.29, 0.717) is 0 Å². The highest BCUT2D eigenvalue weighted by Crippen LogP contribution is 2.45. The van der Waals surface area contributed by atoms with Gasteiger partial charge in [-0.05, 0) is 152 Å². The molecule has 8 heteroatoms. The highest BCUT2D eigenvalue weighted by molar-refractivity contribution is 6.09. The van der Waals surface area contributed by atoms with Crippen molar-refractivity contribution in [1.29, 1.82) is 0 Å². The van der Waals surface area contributed by atoms with Crippen LogP contribution in [0.1, 0.15) is 146 Å². The van der Waals surface area contributed by atoms with Crippen molar-refractivity contribution in [3.8, 4) is 44.5 Å². The van der Waals surface area contributed by atoms with Crippen molar-refractivity contribution in [3.05, 3.63) is 238 Å². The van der Waals surface area contributed by atoms with Gasteiger partial charge >= 0.3 is 0 Å². The number of fused-ring (bicyclic) bond motifs is 16.